The summed E-state index contributed by atoms with van der Waals surface area (Å²) in [7, 11) is 0. The lowest BCUT2D eigenvalue weighted by atomic mass is 10.3. The third-order valence-corrected chi connectivity index (χ3v) is 3.28. The van der Waals surface area contributed by atoms with Crippen molar-refractivity contribution in [2.45, 2.75) is 13.3 Å². The number of carbonyl (C=O) groups is 2. The molecule has 1 aromatic carbocycles. The van der Waals surface area contributed by atoms with Gasteiger partial charge in [-0.1, -0.05) is 6.92 Å². The maximum Gasteiger partial charge on any atom is 0.341 e. The summed E-state index contributed by atoms with van der Waals surface area (Å²) in [6.07, 6.45) is 1.18. The number of hydrogen-bond donors (Lipinski definition) is 3. The first-order valence-electron chi connectivity index (χ1n) is 6.54. The Morgan fingerprint density at radius 3 is 2.55 bits per heavy atom. The van der Waals surface area contributed by atoms with Crippen LogP contribution in [-0.4, -0.2) is 30.3 Å². The van der Waals surface area contributed by atoms with Gasteiger partial charge in [-0.25, -0.2) is 9.59 Å². The second kappa shape index (κ2) is 6.27. The van der Waals surface area contributed by atoms with Crippen molar-refractivity contribution in [1.82, 2.24) is 5.32 Å². The zero-order chi connectivity index (χ0) is 14.5. The number of carbonyl (C=O) groups excluding carboxylic acids is 1. The number of carboxylic acid groups (broad SMARTS) is 1. The highest BCUT2D eigenvalue weighted by atomic mass is 16.5. The minimum Gasteiger partial charge on any atom is -0.482 e. The lowest BCUT2D eigenvalue weighted by Crippen LogP contribution is -2.30. The van der Waals surface area contributed by atoms with E-state index in [1.54, 1.807) is 24.3 Å². The molecule has 1 aliphatic carbocycles. The lowest BCUT2D eigenvalue weighted by molar-refractivity contribution is -0.139. The first-order valence-corrected chi connectivity index (χ1v) is 6.54. The molecule has 2 amide bonds. The molecule has 3 N–H and O–H groups in total. The van der Waals surface area contributed by atoms with Gasteiger partial charge in [0.1, 0.15) is 5.75 Å². The van der Waals surface area contributed by atoms with Crippen LogP contribution in [0, 0.1) is 11.8 Å². The van der Waals surface area contributed by atoms with Gasteiger partial charge in [0.2, 0.25) is 0 Å². The Morgan fingerprint density at radius 1 is 1.35 bits per heavy atom. The predicted molar refractivity (Wildman–Crippen MR) is 73.9 cm³/mol. The van der Waals surface area contributed by atoms with E-state index in [1.807, 2.05) is 0 Å². The fraction of sp³-hybridized carbons (Fsp3) is 0.429. The van der Waals surface area contributed by atoms with E-state index >= 15 is 0 Å². The monoisotopic (exact) mass is 278 g/mol. The molecule has 2 rings (SSSR count). The number of anilines is 1. The van der Waals surface area contributed by atoms with E-state index in [2.05, 4.69) is 17.6 Å². The quantitative estimate of drug-likeness (QED) is 0.742. The largest absolute Gasteiger partial charge is 0.482 e. The predicted octanol–water partition coefficient (Wildman–Crippen LogP) is 1.93. The molecule has 6 heteroatoms. The van der Waals surface area contributed by atoms with Gasteiger partial charge < -0.3 is 20.5 Å². The highest BCUT2D eigenvalue weighted by Crippen LogP contribution is 2.36. The number of urea groups is 1. The lowest BCUT2D eigenvalue weighted by Gasteiger charge is -2.08. The van der Waals surface area contributed by atoms with E-state index in [0.29, 0.717) is 29.8 Å². The summed E-state index contributed by atoms with van der Waals surface area (Å²) < 4.78 is 5.00. The van der Waals surface area contributed by atoms with E-state index in [4.69, 9.17) is 9.84 Å². The highest BCUT2D eigenvalue weighted by molar-refractivity contribution is 5.89. The maximum absolute atomic E-state index is 11.6. The molecule has 0 radical (unpaired) electrons. The van der Waals surface area contributed by atoms with Crippen LogP contribution in [0.15, 0.2) is 24.3 Å². The van der Waals surface area contributed by atoms with Gasteiger partial charge in [0.05, 0.1) is 0 Å². The average Bonchev–Trinajstić information content (AvgIpc) is 3.11. The number of nitrogens with one attached hydrogen (secondary N) is 2. The van der Waals surface area contributed by atoms with Crippen LogP contribution in [-0.2, 0) is 4.79 Å². The summed E-state index contributed by atoms with van der Waals surface area (Å²) in [6.45, 7) is 2.49. The first-order chi connectivity index (χ1) is 9.54. The Kier molecular flexibility index (Phi) is 4.45. The molecule has 6 nitrogen and oxygen atoms in total. The van der Waals surface area contributed by atoms with Gasteiger partial charge >= 0.3 is 12.0 Å². The van der Waals surface area contributed by atoms with Crippen molar-refractivity contribution in [3.05, 3.63) is 24.3 Å². The second-order valence-electron chi connectivity index (χ2n) is 5.01. The van der Waals surface area contributed by atoms with Gasteiger partial charge in [-0.2, -0.15) is 0 Å². The minimum absolute atomic E-state index is 0.233. The zero-order valence-corrected chi connectivity index (χ0v) is 11.3. The molecule has 0 spiro atoms. The minimum atomic E-state index is -1.03. The van der Waals surface area contributed by atoms with Gasteiger partial charge in [-0.15, -0.1) is 0 Å². The number of carboxylic acids is 1. The smallest absolute Gasteiger partial charge is 0.341 e. The highest BCUT2D eigenvalue weighted by Gasteiger charge is 2.32. The topological polar surface area (TPSA) is 87.7 Å². The van der Waals surface area contributed by atoms with E-state index in [0.717, 1.165) is 0 Å². The van der Waals surface area contributed by atoms with Gasteiger partial charge in [0, 0.05) is 12.2 Å². The van der Waals surface area contributed by atoms with Gasteiger partial charge in [-0.3, -0.25) is 0 Å². The van der Waals surface area contributed by atoms with Crippen molar-refractivity contribution < 1.29 is 19.4 Å². The Labute approximate surface area is 117 Å². The number of aliphatic carboxylic acids is 1. The van der Waals surface area contributed by atoms with Crippen LogP contribution in [0.5, 0.6) is 5.75 Å². The van der Waals surface area contributed by atoms with Crippen LogP contribution in [0.2, 0.25) is 0 Å². The molecule has 1 aromatic rings. The third kappa shape index (κ3) is 4.46. The number of benzene rings is 1. The number of ether oxygens (including phenoxy) is 1. The van der Waals surface area contributed by atoms with Crippen molar-refractivity contribution >= 4 is 17.7 Å². The molecule has 1 aliphatic rings. The van der Waals surface area contributed by atoms with Gasteiger partial charge in [0.15, 0.2) is 6.61 Å². The maximum atomic E-state index is 11.6. The Balaban J connectivity index is 1.74. The number of amides is 2. The molecule has 0 aromatic heterocycles. The summed E-state index contributed by atoms with van der Waals surface area (Å²) >= 11 is 0. The Morgan fingerprint density at radius 2 is 2.00 bits per heavy atom. The molecule has 2 atom stereocenters. The average molecular weight is 278 g/mol. The molecule has 0 heterocycles. The van der Waals surface area contributed by atoms with Crippen LogP contribution < -0.4 is 15.4 Å². The molecule has 108 valence electrons. The molecule has 1 fully saturated rings. The molecule has 1 saturated carbocycles. The molecular weight excluding hydrogens is 260 g/mol. The van der Waals surface area contributed by atoms with Crippen molar-refractivity contribution in [3.8, 4) is 5.75 Å². The summed E-state index contributed by atoms with van der Waals surface area (Å²) in [5.74, 6) is 0.736. The molecule has 0 bridgehead atoms. The summed E-state index contributed by atoms with van der Waals surface area (Å²) in [5.41, 5.74) is 0.633. The molecule has 0 saturated heterocycles. The molecule has 20 heavy (non-hydrogen) atoms. The van der Waals surface area contributed by atoms with Crippen molar-refractivity contribution in [3.63, 3.8) is 0 Å². The van der Waals surface area contributed by atoms with Crippen LogP contribution in [0.4, 0.5) is 10.5 Å². The Hall–Kier alpha value is -2.24. The summed E-state index contributed by atoms with van der Waals surface area (Å²) in [6, 6.07) is 6.32. The Bertz CT molecular complexity index is 486. The second-order valence-corrected chi connectivity index (χ2v) is 5.01. The van der Waals surface area contributed by atoms with Crippen molar-refractivity contribution in [2.75, 3.05) is 18.5 Å². The fourth-order valence-corrected chi connectivity index (χ4v) is 1.86. The van der Waals surface area contributed by atoms with E-state index in [-0.39, 0.29) is 12.6 Å². The fourth-order valence-electron chi connectivity index (χ4n) is 1.86. The van der Waals surface area contributed by atoms with Gasteiger partial charge in [0.25, 0.3) is 0 Å². The van der Waals surface area contributed by atoms with E-state index in [9.17, 15) is 9.59 Å². The summed E-state index contributed by atoms with van der Waals surface area (Å²) in [4.78, 5) is 22.0. The van der Waals surface area contributed by atoms with Gasteiger partial charge in [-0.05, 0) is 42.5 Å². The SMILES string of the molecule is CC1CC1CNC(=O)Nc1ccc(OCC(=O)O)cc1. The summed E-state index contributed by atoms with van der Waals surface area (Å²) in [5, 5.41) is 14.0. The van der Waals surface area contributed by atoms with E-state index < -0.39 is 5.97 Å². The van der Waals surface area contributed by atoms with Crippen LogP contribution >= 0.6 is 0 Å². The van der Waals surface area contributed by atoms with Crippen LogP contribution in [0.3, 0.4) is 0 Å². The normalized spacial score (nSPS) is 20.1. The van der Waals surface area contributed by atoms with Crippen LogP contribution in [0.1, 0.15) is 13.3 Å². The third-order valence-electron chi connectivity index (χ3n) is 3.28. The molecule has 0 aliphatic heterocycles. The number of rotatable bonds is 6. The van der Waals surface area contributed by atoms with Crippen molar-refractivity contribution in [1.29, 1.82) is 0 Å². The van der Waals surface area contributed by atoms with Crippen LogP contribution in [0.25, 0.3) is 0 Å². The standard InChI is InChI=1S/C14H18N2O4/c1-9-6-10(9)7-15-14(19)16-11-2-4-12(5-3-11)20-8-13(17)18/h2-5,9-10H,6-8H2,1H3,(H,17,18)(H2,15,16,19). The zero-order valence-electron chi connectivity index (χ0n) is 11.3. The molecular formula is C14H18N2O4. The van der Waals surface area contributed by atoms with E-state index in [1.165, 1.54) is 6.42 Å². The molecule has 2 unspecified atom stereocenters. The first kappa shape index (κ1) is 14.2. The number of hydrogen-bond acceptors (Lipinski definition) is 3. The van der Waals surface area contributed by atoms with Crippen molar-refractivity contribution in [2.24, 2.45) is 11.8 Å².